The number of benzene rings is 2. The van der Waals surface area contributed by atoms with Crippen LogP contribution in [0, 0.1) is 11.3 Å². The molecule has 4 rings (SSSR count). The minimum Gasteiger partial charge on any atom is -0.390 e. The molecule has 3 amide bonds. The van der Waals surface area contributed by atoms with Crippen LogP contribution in [0.2, 0.25) is 0 Å². The van der Waals surface area contributed by atoms with Gasteiger partial charge in [-0.15, -0.1) is 5.10 Å². The lowest BCUT2D eigenvalue weighted by Crippen LogP contribution is -2.43. The van der Waals surface area contributed by atoms with Gasteiger partial charge < -0.3 is 10.0 Å². The largest absolute Gasteiger partial charge is 0.417 e. The number of hydrogen-bond donors (Lipinski definition) is 1. The topological polar surface area (TPSA) is 115 Å². The number of aliphatic hydroxyl groups excluding tert-OH is 1. The molecule has 180 valence electrons. The van der Waals surface area contributed by atoms with Gasteiger partial charge in [-0.25, -0.2) is 14.4 Å². The maximum Gasteiger partial charge on any atom is 0.417 e. The first kappa shape index (κ1) is 23.9. The van der Waals surface area contributed by atoms with Crippen LogP contribution in [-0.2, 0) is 24.1 Å². The molecule has 1 fully saturated rings. The first-order valence-electron chi connectivity index (χ1n) is 10.4. The van der Waals surface area contributed by atoms with E-state index in [4.69, 9.17) is 10.4 Å². The summed E-state index contributed by atoms with van der Waals surface area (Å²) >= 11 is 0. The summed E-state index contributed by atoms with van der Waals surface area (Å²) in [6.45, 7) is 2.80. The number of amides is 3. The molecule has 0 unspecified atom stereocenters. The van der Waals surface area contributed by atoms with Crippen molar-refractivity contribution in [2.75, 3.05) is 4.90 Å². The summed E-state index contributed by atoms with van der Waals surface area (Å²) in [6.07, 6.45) is -3.27. The number of nitriles is 1. The van der Waals surface area contributed by atoms with Gasteiger partial charge in [0.25, 0.3) is 5.91 Å². The van der Waals surface area contributed by atoms with Crippen LogP contribution in [0.3, 0.4) is 0 Å². The van der Waals surface area contributed by atoms with E-state index in [0.29, 0.717) is 27.9 Å². The zero-order valence-electron chi connectivity index (χ0n) is 18.6. The summed E-state index contributed by atoms with van der Waals surface area (Å²) in [5.74, 6) is -0.684. The maximum absolute atomic E-state index is 13.4. The van der Waals surface area contributed by atoms with Gasteiger partial charge in [0, 0.05) is 6.54 Å². The molecule has 35 heavy (non-hydrogen) atoms. The Morgan fingerprint density at radius 1 is 1.09 bits per heavy atom. The molecule has 3 aromatic rings. The van der Waals surface area contributed by atoms with Gasteiger partial charge in [0.15, 0.2) is 0 Å². The Hall–Kier alpha value is -4.24. The third-order valence-corrected chi connectivity index (χ3v) is 5.76. The van der Waals surface area contributed by atoms with E-state index in [0.717, 1.165) is 12.1 Å². The van der Waals surface area contributed by atoms with E-state index in [-0.39, 0.29) is 18.8 Å². The van der Waals surface area contributed by atoms with Crippen molar-refractivity contribution >= 4 is 17.6 Å². The molecule has 2 heterocycles. The van der Waals surface area contributed by atoms with E-state index in [1.165, 1.54) is 29.5 Å². The lowest BCUT2D eigenvalue weighted by molar-refractivity contribution is -0.137. The van der Waals surface area contributed by atoms with Crippen molar-refractivity contribution in [3.05, 3.63) is 71.0 Å². The molecule has 0 spiro atoms. The predicted molar refractivity (Wildman–Crippen MR) is 116 cm³/mol. The number of imide groups is 1. The molecule has 0 atom stereocenters. The van der Waals surface area contributed by atoms with Crippen molar-refractivity contribution in [1.29, 1.82) is 5.26 Å². The second kappa shape index (κ2) is 8.52. The summed E-state index contributed by atoms with van der Waals surface area (Å²) < 4.78 is 41.7. The number of anilines is 1. The molecule has 1 aliphatic heterocycles. The van der Waals surface area contributed by atoms with Crippen molar-refractivity contribution in [1.82, 2.24) is 19.9 Å². The lowest BCUT2D eigenvalue weighted by Gasteiger charge is -2.27. The van der Waals surface area contributed by atoms with Crippen LogP contribution in [0.25, 0.3) is 5.69 Å². The fourth-order valence-corrected chi connectivity index (χ4v) is 3.77. The highest BCUT2D eigenvalue weighted by molar-refractivity contribution is 6.23. The van der Waals surface area contributed by atoms with E-state index in [1.807, 2.05) is 0 Å². The summed E-state index contributed by atoms with van der Waals surface area (Å²) in [7, 11) is 0. The Morgan fingerprint density at radius 2 is 1.74 bits per heavy atom. The molecular formula is C23H19F3N6O3. The normalized spacial score (nSPS) is 15.6. The smallest absolute Gasteiger partial charge is 0.390 e. The molecule has 12 heteroatoms. The van der Waals surface area contributed by atoms with Gasteiger partial charge >= 0.3 is 12.2 Å². The molecule has 0 saturated carbocycles. The Kier molecular flexibility index (Phi) is 5.82. The number of nitrogens with zero attached hydrogens (tertiary/aromatic N) is 6. The van der Waals surface area contributed by atoms with E-state index in [1.54, 1.807) is 30.5 Å². The third-order valence-electron chi connectivity index (χ3n) is 5.76. The molecule has 0 bridgehead atoms. The van der Waals surface area contributed by atoms with Crippen LogP contribution in [0.5, 0.6) is 0 Å². The SMILES string of the molecule is CC1(C)C(=O)N(c2ccc(C#N)c(C(F)(F)F)c2)C(=O)N1Cc1ccc(-n2cc(CO)nn2)cc1. The minimum atomic E-state index is -4.83. The third kappa shape index (κ3) is 4.22. The second-order valence-corrected chi connectivity index (χ2v) is 8.39. The standard InChI is InChI=1S/C23H19F3N6O3/c1-22(2)20(34)32(18-8-5-15(10-27)19(9-18)23(24,25)26)21(35)30(22)11-14-3-6-17(7-4-14)31-12-16(13-33)28-29-31/h3-9,12,33H,11,13H2,1-2H3. The van der Waals surface area contributed by atoms with Crippen LogP contribution in [0.1, 0.15) is 36.2 Å². The van der Waals surface area contributed by atoms with Crippen molar-refractivity contribution in [3.63, 3.8) is 0 Å². The molecule has 1 N–H and O–H groups in total. The molecule has 1 saturated heterocycles. The molecule has 0 aliphatic carbocycles. The van der Waals surface area contributed by atoms with Gasteiger partial charge in [-0.3, -0.25) is 4.79 Å². The Bertz CT molecular complexity index is 1340. The van der Waals surface area contributed by atoms with E-state index in [2.05, 4.69) is 10.3 Å². The van der Waals surface area contributed by atoms with Gasteiger partial charge in [-0.05, 0) is 49.7 Å². The van der Waals surface area contributed by atoms with Crippen LogP contribution in [0.15, 0.2) is 48.7 Å². The average molecular weight is 484 g/mol. The van der Waals surface area contributed by atoms with E-state index in [9.17, 15) is 22.8 Å². The number of alkyl halides is 3. The Balaban J connectivity index is 1.62. The lowest BCUT2D eigenvalue weighted by atomic mass is 10.0. The number of carbonyl (C=O) groups excluding carboxylic acids is 2. The Morgan fingerprint density at radius 3 is 2.31 bits per heavy atom. The second-order valence-electron chi connectivity index (χ2n) is 8.39. The number of aliphatic hydroxyl groups is 1. The number of hydrogen-bond acceptors (Lipinski definition) is 6. The van der Waals surface area contributed by atoms with Gasteiger partial charge in [0.05, 0.1) is 41.4 Å². The van der Waals surface area contributed by atoms with Crippen molar-refractivity contribution < 1.29 is 27.9 Å². The van der Waals surface area contributed by atoms with Crippen molar-refractivity contribution in [2.45, 2.75) is 38.7 Å². The summed E-state index contributed by atoms with van der Waals surface area (Å²) in [6, 6.07) is 10.3. The van der Waals surface area contributed by atoms with Crippen LogP contribution < -0.4 is 4.90 Å². The maximum atomic E-state index is 13.4. The van der Waals surface area contributed by atoms with Gasteiger partial charge in [0.2, 0.25) is 0 Å². The average Bonchev–Trinajstić information content (AvgIpc) is 3.36. The van der Waals surface area contributed by atoms with Gasteiger partial charge in [-0.2, -0.15) is 18.4 Å². The number of halogens is 3. The van der Waals surface area contributed by atoms with E-state index >= 15 is 0 Å². The fourth-order valence-electron chi connectivity index (χ4n) is 3.77. The minimum absolute atomic E-state index is 0.0238. The Labute approximate surface area is 197 Å². The number of carbonyl (C=O) groups is 2. The first-order valence-corrected chi connectivity index (χ1v) is 10.4. The predicted octanol–water partition coefficient (Wildman–Crippen LogP) is 3.40. The number of aromatic nitrogens is 3. The first-order chi connectivity index (χ1) is 16.5. The fraction of sp³-hybridized carbons (Fsp3) is 0.261. The monoisotopic (exact) mass is 484 g/mol. The highest BCUT2D eigenvalue weighted by atomic mass is 19.4. The number of rotatable bonds is 5. The number of urea groups is 1. The zero-order valence-corrected chi connectivity index (χ0v) is 18.6. The van der Waals surface area contributed by atoms with E-state index < -0.39 is 34.8 Å². The van der Waals surface area contributed by atoms with Crippen LogP contribution >= 0.6 is 0 Å². The molecule has 9 nitrogen and oxygen atoms in total. The van der Waals surface area contributed by atoms with Crippen LogP contribution in [-0.4, -0.2) is 42.5 Å². The molecular weight excluding hydrogens is 465 g/mol. The van der Waals surface area contributed by atoms with Gasteiger partial charge in [0.1, 0.15) is 11.2 Å². The quantitative estimate of drug-likeness (QED) is 0.555. The van der Waals surface area contributed by atoms with Gasteiger partial charge in [-0.1, -0.05) is 17.3 Å². The summed E-state index contributed by atoms with van der Waals surface area (Å²) in [4.78, 5) is 28.3. The summed E-state index contributed by atoms with van der Waals surface area (Å²) in [5.41, 5.74) is -1.69. The molecule has 2 aromatic carbocycles. The molecule has 1 aliphatic rings. The van der Waals surface area contributed by atoms with Crippen molar-refractivity contribution in [3.8, 4) is 11.8 Å². The van der Waals surface area contributed by atoms with Crippen LogP contribution in [0.4, 0.5) is 23.7 Å². The molecule has 1 aromatic heterocycles. The summed E-state index contributed by atoms with van der Waals surface area (Å²) in [5, 5.41) is 25.8. The molecule has 0 radical (unpaired) electrons. The highest BCUT2D eigenvalue weighted by Crippen LogP contribution is 2.38. The highest BCUT2D eigenvalue weighted by Gasteiger charge is 2.52. The van der Waals surface area contributed by atoms with Crippen molar-refractivity contribution in [2.24, 2.45) is 0 Å². The zero-order chi connectivity index (χ0) is 25.5.